The maximum Gasteiger partial charge on any atom is 0.244 e. The van der Waals surface area contributed by atoms with Gasteiger partial charge < -0.3 is 9.13 Å². The molecule has 2 aromatic carbocycles. The zero-order valence-corrected chi connectivity index (χ0v) is 17.7. The van der Waals surface area contributed by atoms with Crippen molar-refractivity contribution in [2.45, 2.75) is 31.6 Å². The third-order valence-electron chi connectivity index (χ3n) is 4.95. The van der Waals surface area contributed by atoms with Gasteiger partial charge in [-0.15, -0.1) is 10.2 Å². The number of aromatic nitrogens is 4. The van der Waals surface area contributed by atoms with Gasteiger partial charge in [-0.2, -0.15) is 0 Å². The second kappa shape index (κ2) is 8.73. The number of aryl methyl sites for hydroxylation is 2. The van der Waals surface area contributed by atoms with Crippen molar-refractivity contribution in [3.05, 3.63) is 66.5 Å². The average Bonchev–Trinajstić information content (AvgIpc) is 3.28. The number of para-hydroxylation sites is 2. The molecule has 0 aliphatic carbocycles. The van der Waals surface area contributed by atoms with Crippen LogP contribution in [0, 0.1) is 0 Å². The van der Waals surface area contributed by atoms with E-state index in [0.29, 0.717) is 18.1 Å². The lowest BCUT2D eigenvalue weighted by atomic mass is 10.2. The minimum atomic E-state index is -0.253. The lowest BCUT2D eigenvalue weighted by molar-refractivity contribution is -0.118. The number of hydrogen-bond acceptors (Lipinski definition) is 5. The molecule has 1 amide bonds. The normalized spacial score (nSPS) is 11.3. The van der Waals surface area contributed by atoms with Gasteiger partial charge in [-0.25, -0.2) is 5.84 Å². The average molecular weight is 421 g/mol. The molecule has 0 unspecified atom stereocenters. The van der Waals surface area contributed by atoms with Crippen molar-refractivity contribution in [1.82, 2.24) is 24.8 Å². The van der Waals surface area contributed by atoms with Crippen molar-refractivity contribution < 1.29 is 4.79 Å². The molecule has 154 valence electrons. The Hall–Kier alpha value is -3.10. The number of nitrogens with zero attached hydrogens (tertiary/aromatic N) is 4. The summed E-state index contributed by atoms with van der Waals surface area (Å²) in [4.78, 5) is 11.5. The fourth-order valence-electron chi connectivity index (χ4n) is 3.67. The molecule has 4 rings (SSSR count). The molecule has 7 nitrogen and oxygen atoms in total. The third-order valence-corrected chi connectivity index (χ3v) is 5.92. The lowest BCUT2D eigenvalue weighted by Crippen LogP contribution is -2.31. The highest BCUT2D eigenvalue weighted by molar-refractivity contribution is 7.99. The highest BCUT2D eigenvalue weighted by Crippen LogP contribution is 2.29. The molecular weight excluding hydrogens is 396 g/mol. The maximum atomic E-state index is 11.5. The minimum absolute atomic E-state index is 0.192. The van der Waals surface area contributed by atoms with Crippen LogP contribution in [-0.4, -0.2) is 31.0 Å². The molecule has 30 heavy (non-hydrogen) atoms. The summed E-state index contributed by atoms with van der Waals surface area (Å²) in [6.45, 7) is 7.38. The van der Waals surface area contributed by atoms with Crippen molar-refractivity contribution in [3.63, 3.8) is 0 Å². The summed E-state index contributed by atoms with van der Waals surface area (Å²) in [5.41, 5.74) is 5.55. The molecule has 8 heteroatoms. The number of hydrogen-bond donors (Lipinski definition) is 2. The summed E-state index contributed by atoms with van der Waals surface area (Å²) in [7, 11) is 0. The summed E-state index contributed by atoms with van der Waals surface area (Å²) in [5, 5.41) is 11.9. The van der Waals surface area contributed by atoms with E-state index in [1.165, 1.54) is 33.6 Å². The Balaban J connectivity index is 1.64. The van der Waals surface area contributed by atoms with Gasteiger partial charge in [0.05, 0.1) is 5.75 Å². The number of allylic oxidation sites excluding steroid dienone is 1. The van der Waals surface area contributed by atoms with Gasteiger partial charge in [-0.1, -0.05) is 60.3 Å². The molecule has 2 heterocycles. The predicted octanol–water partition coefficient (Wildman–Crippen LogP) is 3.29. The Morgan fingerprint density at radius 1 is 1.07 bits per heavy atom. The fourth-order valence-corrected chi connectivity index (χ4v) is 4.44. The van der Waals surface area contributed by atoms with Crippen LogP contribution in [0.3, 0.4) is 0 Å². The molecule has 0 saturated heterocycles. The van der Waals surface area contributed by atoms with Gasteiger partial charge >= 0.3 is 0 Å². The smallest absolute Gasteiger partial charge is 0.244 e. The van der Waals surface area contributed by atoms with Crippen molar-refractivity contribution in [1.29, 1.82) is 0 Å². The number of fused-ring (bicyclic) bond motifs is 3. The minimum Gasteiger partial charge on any atom is -0.340 e. The van der Waals surface area contributed by atoms with E-state index in [1.54, 1.807) is 0 Å². The number of benzene rings is 2. The number of nitrogens with two attached hydrogens (primary N) is 1. The summed E-state index contributed by atoms with van der Waals surface area (Å²) < 4.78 is 4.36. The predicted molar refractivity (Wildman–Crippen MR) is 121 cm³/mol. The molecule has 0 aliphatic heterocycles. The van der Waals surface area contributed by atoms with E-state index in [1.807, 2.05) is 11.5 Å². The molecule has 0 fully saturated rings. The van der Waals surface area contributed by atoms with E-state index in [4.69, 9.17) is 5.84 Å². The van der Waals surface area contributed by atoms with Crippen LogP contribution >= 0.6 is 11.8 Å². The number of nitrogens with one attached hydrogen (secondary N) is 1. The van der Waals surface area contributed by atoms with E-state index >= 15 is 0 Å². The maximum absolute atomic E-state index is 11.5. The summed E-state index contributed by atoms with van der Waals surface area (Å²) >= 11 is 1.32. The van der Waals surface area contributed by atoms with Gasteiger partial charge in [-0.3, -0.25) is 10.2 Å². The molecular formula is C22H24N6OS. The van der Waals surface area contributed by atoms with Crippen LogP contribution in [0.25, 0.3) is 21.8 Å². The summed E-state index contributed by atoms with van der Waals surface area (Å²) in [5.74, 6) is 5.99. The molecule has 0 bridgehead atoms. The zero-order valence-electron chi connectivity index (χ0n) is 16.8. The molecule has 0 aliphatic rings. The topological polar surface area (TPSA) is 90.8 Å². The molecule has 2 aromatic heterocycles. The highest BCUT2D eigenvalue weighted by Gasteiger charge is 2.16. The molecule has 0 radical (unpaired) electrons. The standard InChI is InChI=1S/C22H24N6OS/c1-15(2)13-28-20(25-26-22(28)30-14-21(29)24-23)11-12-27-18-9-5-3-7-16(18)17-8-4-6-10-19(17)27/h3-10H,1,11-14,23H2,2H3,(H,24,29). The first kappa shape index (κ1) is 20.2. The van der Waals surface area contributed by atoms with Crippen LogP contribution in [0.2, 0.25) is 0 Å². The van der Waals surface area contributed by atoms with Gasteiger partial charge in [-0.05, 0) is 19.1 Å². The SMILES string of the molecule is C=C(C)Cn1c(CCn2c3ccccc3c3ccccc32)nnc1SCC(=O)NN. The van der Waals surface area contributed by atoms with Crippen LogP contribution in [-0.2, 0) is 24.3 Å². The van der Waals surface area contributed by atoms with E-state index in [9.17, 15) is 4.79 Å². The van der Waals surface area contributed by atoms with Gasteiger partial charge in [0, 0.05) is 41.3 Å². The van der Waals surface area contributed by atoms with E-state index < -0.39 is 0 Å². The Bertz CT molecular complexity index is 1170. The third kappa shape index (κ3) is 3.96. The summed E-state index contributed by atoms with van der Waals surface area (Å²) in [6, 6.07) is 16.9. The number of amides is 1. The van der Waals surface area contributed by atoms with Crippen LogP contribution in [0.1, 0.15) is 12.7 Å². The molecule has 0 saturated carbocycles. The first-order valence-electron chi connectivity index (χ1n) is 9.73. The van der Waals surface area contributed by atoms with Gasteiger partial charge in [0.25, 0.3) is 0 Å². The van der Waals surface area contributed by atoms with Crippen LogP contribution in [0.5, 0.6) is 0 Å². The van der Waals surface area contributed by atoms with E-state index in [2.05, 4.69) is 75.3 Å². The van der Waals surface area contributed by atoms with Gasteiger partial charge in [0.15, 0.2) is 5.16 Å². The van der Waals surface area contributed by atoms with Crippen molar-refractivity contribution >= 4 is 39.5 Å². The molecule has 3 N–H and O–H groups in total. The van der Waals surface area contributed by atoms with Crippen LogP contribution in [0.4, 0.5) is 0 Å². The molecule has 4 aromatic rings. The molecule has 0 spiro atoms. The van der Waals surface area contributed by atoms with Crippen LogP contribution < -0.4 is 11.3 Å². The van der Waals surface area contributed by atoms with Gasteiger partial charge in [0.1, 0.15) is 5.82 Å². The van der Waals surface area contributed by atoms with Crippen molar-refractivity contribution in [3.8, 4) is 0 Å². The monoisotopic (exact) mass is 420 g/mol. The number of rotatable bonds is 8. The number of carbonyl (C=O) groups excluding carboxylic acids is 1. The quantitative estimate of drug-likeness (QED) is 0.150. The Labute approximate surface area is 178 Å². The highest BCUT2D eigenvalue weighted by atomic mass is 32.2. The lowest BCUT2D eigenvalue weighted by Gasteiger charge is -2.11. The number of carbonyl (C=O) groups is 1. The van der Waals surface area contributed by atoms with E-state index in [-0.39, 0.29) is 11.7 Å². The first-order chi connectivity index (χ1) is 14.6. The Morgan fingerprint density at radius 2 is 1.70 bits per heavy atom. The Kier molecular flexibility index (Phi) is 5.87. The Morgan fingerprint density at radius 3 is 2.30 bits per heavy atom. The molecule has 0 atom stereocenters. The van der Waals surface area contributed by atoms with E-state index in [0.717, 1.165) is 17.9 Å². The first-order valence-corrected chi connectivity index (χ1v) is 10.7. The second-order valence-electron chi connectivity index (χ2n) is 7.23. The number of thioether (sulfide) groups is 1. The summed E-state index contributed by atoms with van der Waals surface area (Å²) in [6.07, 6.45) is 0.715. The number of hydrazine groups is 1. The van der Waals surface area contributed by atoms with Gasteiger partial charge in [0.2, 0.25) is 5.91 Å². The van der Waals surface area contributed by atoms with Crippen molar-refractivity contribution in [2.75, 3.05) is 5.75 Å². The zero-order chi connectivity index (χ0) is 21.1. The largest absolute Gasteiger partial charge is 0.340 e. The van der Waals surface area contributed by atoms with Crippen molar-refractivity contribution in [2.24, 2.45) is 5.84 Å². The fraction of sp³-hybridized carbons (Fsp3) is 0.227. The van der Waals surface area contributed by atoms with Crippen LogP contribution in [0.15, 0.2) is 65.8 Å². The second-order valence-corrected chi connectivity index (χ2v) is 8.18.